The van der Waals surface area contributed by atoms with Crippen LogP contribution in [0.4, 0.5) is 0 Å². The van der Waals surface area contributed by atoms with Crippen LogP contribution in [0.15, 0.2) is 12.1 Å². The maximum atomic E-state index is 12.0. The molecular formula is C26H37NO4. The fourth-order valence-corrected chi connectivity index (χ4v) is 8.68. The van der Waals surface area contributed by atoms with Crippen molar-refractivity contribution in [3.05, 3.63) is 23.3 Å². The minimum Gasteiger partial charge on any atom is -0.493 e. The van der Waals surface area contributed by atoms with Crippen LogP contribution in [0.2, 0.25) is 0 Å². The fourth-order valence-electron chi connectivity index (χ4n) is 8.68. The average Bonchev–Trinajstić information content (AvgIpc) is 3.09. The van der Waals surface area contributed by atoms with E-state index in [1.54, 1.807) is 7.11 Å². The zero-order valence-electron chi connectivity index (χ0n) is 19.8. The Morgan fingerprint density at radius 2 is 1.90 bits per heavy atom. The summed E-state index contributed by atoms with van der Waals surface area (Å²) in [6.45, 7) is 9.48. The van der Waals surface area contributed by atoms with E-state index in [1.165, 1.54) is 11.1 Å². The number of hydrogen-bond donors (Lipinski definition) is 2. The summed E-state index contributed by atoms with van der Waals surface area (Å²) in [5.74, 6) is 1.77. The van der Waals surface area contributed by atoms with E-state index in [4.69, 9.17) is 14.2 Å². The molecule has 4 bridgehead atoms. The number of benzene rings is 1. The SMILES string of the molecule is COc1ccc2c3c1O[C@@H]1C34CCN[C@H](C2)[C@]42CC[C@@]1(OC)[C@@H](C(C)(O)C(C)(C)C)C2. The summed E-state index contributed by atoms with van der Waals surface area (Å²) in [6.07, 6.45) is 4.99. The second kappa shape index (κ2) is 5.78. The Morgan fingerprint density at radius 3 is 2.58 bits per heavy atom. The van der Waals surface area contributed by atoms with Gasteiger partial charge in [0.2, 0.25) is 0 Å². The minimum atomic E-state index is -0.880. The average molecular weight is 428 g/mol. The molecule has 31 heavy (non-hydrogen) atoms. The van der Waals surface area contributed by atoms with E-state index < -0.39 is 11.2 Å². The molecule has 5 heteroatoms. The van der Waals surface area contributed by atoms with Crippen LogP contribution in [0.3, 0.4) is 0 Å². The summed E-state index contributed by atoms with van der Waals surface area (Å²) in [7, 11) is 3.57. The lowest BCUT2D eigenvalue weighted by atomic mass is 9.33. The van der Waals surface area contributed by atoms with Gasteiger partial charge in [-0.15, -0.1) is 0 Å². The Balaban J connectivity index is 1.64. The zero-order chi connectivity index (χ0) is 22.0. The third-order valence-electron chi connectivity index (χ3n) is 10.6. The van der Waals surface area contributed by atoms with Crippen LogP contribution < -0.4 is 14.8 Å². The third-order valence-corrected chi connectivity index (χ3v) is 10.6. The maximum Gasteiger partial charge on any atom is 0.165 e. The summed E-state index contributed by atoms with van der Waals surface area (Å²) < 4.78 is 19.3. The maximum absolute atomic E-state index is 12.0. The second-order valence-corrected chi connectivity index (χ2v) is 12.0. The van der Waals surface area contributed by atoms with Crippen molar-refractivity contribution in [2.45, 2.75) is 88.6 Å². The molecule has 2 heterocycles. The molecule has 7 rings (SSSR count). The summed E-state index contributed by atoms with van der Waals surface area (Å²) in [5.41, 5.74) is 1.13. The molecule has 1 aromatic carbocycles. The van der Waals surface area contributed by atoms with E-state index in [0.29, 0.717) is 6.04 Å². The highest BCUT2D eigenvalue weighted by atomic mass is 16.6. The summed E-state index contributed by atoms with van der Waals surface area (Å²) >= 11 is 0. The smallest absolute Gasteiger partial charge is 0.165 e. The molecule has 2 spiro atoms. The van der Waals surface area contributed by atoms with E-state index in [9.17, 15) is 5.11 Å². The first kappa shape index (κ1) is 20.3. The van der Waals surface area contributed by atoms with E-state index in [-0.39, 0.29) is 28.3 Å². The van der Waals surface area contributed by atoms with Gasteiger partial charge in [0.1, 0.15) is 11.7 Å². The summed E-state index contributed by atoms with van der Waals surface area (Å²) in [6, 6.07) is 4.73. The van der Waals surface area contributed by atoms with Gasteiger partial charge in [-0.3, -0.25) is 0 Å². The Labute approximate surface area is 185 Å². The molecule has 5 nitrogen and oxygen atoms in total. The number of methoxy groups -OCH3 is 2. The van der Waals surface area contributed by atoms with Gasteiger partial charge in [0.05, 0.1) is 12.7 Å². The molecule has 1 aromatic rings. The van der Waals surface area contributed by atoms with Gasteiger partial charge >= 0.3 is 0 Å². The number of ether oxygens (including phenoxy) is 3. The van der Waals surface area contributed by atoms with Crippen molar-refractivity contribution in [1.29, 1.82) is 0 Å². The number of rotatable bonds is 3. The molecule has 0 radical (unpaired) electrons. The lowest BCUT2D eigenvalue weighted by molar-refractivity contribution is -0.303. The van der Waals surface area contributed by atoms with Crippen molar-refractivity contribution in [1.82, 2.24) is 5.32 Å². The topological polar surface area (TPSA) is 60.0 Å². The van der Waals surface area contributed by atoms with E-state index in [0.717, 1.165) is 50.1 Å². The number of hydrogen-bond acceptors (Lipinski definition) is 5. The van der Waals surface area contributed by atoms with Crippen LogP contribution in [0.5, 0.6) is 11.5 Å². The normalized spacial score (nSPS) is 43.8. The first-order chi connectivity index (χ1) is 14.6. The Morgan fingerprint density at radius 1 is 1.13 bits per heavy atom. The molecule has 1 saturated heterocycles. The van der Waals surface area contributed by atoms with Crippen molar-refractivity contribution >= 4 is 0 Å². The zero-order valence-corrected chi connectivity index (χ0v) is 19.8. The Bertz CT molecular complexity index is 951. The molecule has 7 atom stereocenters. The van der Waals surface area contributed by atoms with Crippen molar-refractivity contribution in [2.75, 3.05) is 20.8 Å². The van der Waals surface area contributed by atoms with E-state index >= 15 is 0 Å². The minimum absolute atomic E-state index is 0.00105. The van der Waals surface area contributed by atoms with Gasteiger partial charge in [-0.25, -0.2) is 0 Å². The van der Waals surface area contributed by atoms with Gasteiger partial charge in [0, 0.05) is 35.5 Å². The predicted octanol–water partition coefficient (Wildman–Crippen LogP) is 3.59. The molecule has 2 aliphatic heterocycles. The Kier molecular flexibility index (Phi) is 3.79. The van der Waals surface area contributed by atoms with Crippen LogP contribution in [0.1, 0.15) is 64.5 Å². The van der Waals surface area contributed by atoms with Gasteiger partial charge in [0.15, 0.2) is 11.5 Å². The third kappa shape index (κ3) is 1.98. The highest BCUT2D eigenvalue weighted by molar-refractivity contribution is 5.63. The number of fused-ring (bicyclic) bond motifs is 2. The molecule has 170 valence electrons. The first-order valence-electron chi connectivity index (χ1n) is 12.0. The van der Waals surface area contributed by atoms with Crippen LogP contribution >= 0.6 is 0 Å². The van der Waals surface area contributed by atoms with Gasteiger partial charge < -0.3 is 24.6 Å². The first-order valence-corrected chi connectivity index (χ1v) is 12.0. The molecular weight excluding hydrogens is 390 g/mol. The lowest BCUT2D eigenvalue weighted by Gasteiger charge is -2.74. The van der Waals surface area contributed by atoms with Gasteiger partial charge in [-0.2, -0.15) is 0 Å². The van der Waals surface area contributed by atoms with Crippen LogP contribution in [-0.2, 0) is 16.6 Å². The van der Waals surface area contributed by atoms with Gasteiger partial charge in [-0.05, 0) is 62.6 Å². The molecule has 6 aliphatic rings. The largest absolute Gasteiger partial charge is 0.493 e. The van der Waals surface area contributed by atoms with Crippen LogP contribution in [-0.4, -0.2) is 49.2 Å². The van der Waals surface area contributed by atoms with Gasteiger partial charge in [0.25, 0.3) is 0 Å². The molecule has 2 unspecified atom stereocenters. The van der Waals surface area contributed by atoms with E-state index in [2.05, 4.69) is 38.2 Å². The molecule has 4 aliphatic carbocycles. The molecule has 2 N–H and O–H groups in total. The molecule has 0 aromatic heterocycles. The standard InChI is InChI=1S/C26H37NO4/c1-22(2,3)23(4,28)17-14-24-9-10-26(17,30-6)21-25(24)11-12-27-18(24)13-15-7-8-16(29-5)20(31-21)19(15)25/h7-8,17-18,21,27-28H,9-14H2,1-6H3/t17-,18-,21-,23?,24-,25?,26-/m1/s1. The number of piperidine rings is 1. The molecule has 0 amide bonds. The number of nitrogens with one attached hydrogen (secondary N) is 1. The van der Waals surface area contributed by atoms with Crippen LogP contribution in [0.25, 0.3) is 0 Å². The second-order valence-electron chi connectivity index (χ2n) is 12.0. The molecule has 4 fully saturated rings. The van der Waals surface area contributed by atoms with Crippen molar-refractivity contribution in [2.24, 2.45) is 16.7 Å². The van der Waals surface area contributed by atoms with Crippen LogP contribution in [0, 0.1) is 16.7 Å². The fraction of sp³-hybridized carbons (Fsp3) is 0.769. The van der Waals surface area contributed by atoms with E-state index in [1.807, 2.05) is 14.0 Å². The highest BCUT2D eigenvalue weighted by Crippen LogP contribution is 2.77. The molecule has 3 saturated carbocycles. The summed E-state index contributed by atoms with van der Waals surface area (Å²) in [4.78, 5) is 0. The van der Waals surface area contributed by atoms with Gasteiger partial charge in [-0.1, -0.05) is 26.8 Å². The van der Waals surface area contributed by atoms with Crippen molar-refractivity contribution < 1.29 is 19.3 Å². The number of aliphatic hydroxyl groups is 1. The van der Waals surface area contributed by atoms with Crippen molar-refractivity contribution in [3.8, 4) is 11.5 Å². The quantitative estimate of drug-likeness (QED) is 0.772. The van der Waals surface area contributed by atoms with Crippen molar-refractivity contribution in [3.63, 3.8) is 0 Å². The lowest BCUT2D eigenvalue weighted by Crippen LogP contribution is -2.83. The monoisotopic (exact) mass is 427 g/mol. The predicted molar refractivity (Wildman–Crippen MR) is 119 cm³/mol. The Hall–Kier alpha value is -1.30. The summed E-state index contributed by atoms with van der Waals surface area (Å²) in [5, 5.41) is 15.9. The highest BCUT2D eigenvalue weighted by Gasteiger charge is 2.81.